The van der Waals surface area contributed by atoms with E-state index < -0.39 is 12.1 Å². The molecule has 1 atom stereocenters. The van der Waals surface area contributed by atoms with Gasteiger partial charge in [-0.3, -0.25) is 9.36 Å². The van der Waals surface area contributed by atoms with Gasteiger partial charge in [-0.2, -0.15) is 0 Å². The van der Waals surface area contributed by atoms with Gasteiger partial charge in [-0.15, -0.1) is 0 Å². The number of carbonyl (C=O) groups excluding carboxylic acids is 1. The highest BCUT2D eigenvalue weighted by molar-refractivity contribution is 6.31. The predicted octanol–water partition coefficient (Wildman–Crippen LogP) is 2.88. The lowest BCUT2D eigenvalue weighted by Crippen LogP contribution is -2.27. The Morgan fingerprint density at radius 3 is 2.73 bits per heavy atom. The Hall–Kier alpha value is -2.70. The topological polar surface area (TPSA) is 81.4 Å². The van der Waals surface area contributed by atoms with E-state index >= 15 is 0 Å². The maximum Gasteiger partial charge on any atom is 0.337 e. The van der Waals surface area contributed by atoms with Crippen molar-refractivity contribution >= 4 is 28.5 Å². The number of hydrogen-bond acceptors (Lipinski definition) is 5. The molecule has 1 heterocycles. The second kappa shape index (κ2) is 7.27. The van der Waals surface area contributed by atoms with Gasteiger partial charge in [-0.25, -0.2) is 9.78 Å². The van der Waals surface area contributed by atoms with E-state index in [2.05, 4.69) is 9.72 Å². The Labute approximate surface area is 154 Å². The van der Waals surface area contributed by atoms with Gasteiger partial charge in [-0.05, 0) is 31.2 Å². The third kappa shape index (κ3) is 3.34. The first-order valence-corrected chi connectivity index (χ1v) is 8.32. The molecule has 0 fully saturated rings. The highest BCUT2D eigenvalue weighted by Crippen LogP contribution is 2.24. The molecule has 3 rings (SSSR count). The first kappa shape index (κ1) is 18.1. The zero-order valence-corrected chi connectivity index (χ0v) is 15.0. The average molecular weight is 373 g/mol. The van der Waals surface area contributed by atoms with Gasteiger partial charge >= 0.3 is 5.97 Å². The van der Waals surface area contributed by atoms with Crippen LogP contribution in [0.15, 0.2) is 47.3 Å². The molecule has 26 heavy (non-hydrogen) atoms. The summed E-state index contributed by atoms with van der Waals surface area (Å²) >= 11 is 6.11. The van der Waals surface area contributed by atoms with Crippen LogP contribution in [-0.2, 0) is 11.3 Å². The number of aryl methyl sites for hydroxylation is 1. The Bertz CT molecular complexity index is 1050. The minimum Gasteiger partial charge on any atom is -0.465 e. The molecular weight excluding hydrogens is 356 g/mol. The molecule has 6 nitrogen and oxygen atoms in total. The summed E-state index contributed by atoms with van der Waals surface area (Å²) in [6, 6.07) is 11.5. The van der Waals surface area contributed by atoms with E-state index in [1.54, 1.807) is 31.2 Å². The fourth-order valence-electron chi connectivity index (χ4n) is 2.81. The summed E-state index contributed by atoms with van der Waals surface area (Å²) in [7, 11) is 1.29. The lowest BCUT2D eigenvalue weighted by molar-refractivity contribution is 0.0601. The second-order valence-electron chi connectivity index (χ2n) is 5.84. The van der Waals surface area contributed by atoms with Crippen LogP contribution in [0.2, 0.25) is 5.02 Å². The molecule has 1 N–H and O–H groups in total. The number of halogens is 1. The van der Waals surface area contributed by atoms with Crippen molar-refractivity contribution in [3.63, 3.8) is 0 Å². The smallest absolute Gasteiger partial charge is 0.337 e. The fraction of sp³-hybridized carbons (Fsp3) is 0.211. The van der Waals surface area contributed by atoms with Crippen molar-refractivity contribution < 1.29 is 14.6 Å². The van der Waals surface area contributed by atoms with Crippen LogP contribution < -0.4 is 5.56 Å². The number of aliphatic hydroxyl groups excluding tert-OH is 1. The maximum atomic E-state index is 12.8. The highest BCUT2D eigenvalue weighted by atomic mass is 35.5. The lowest BCUT2D eigenvalue weighted by Gasteiger charge is -2.16. The number of benzene rings is 2. The molecule has 0 aliphatic carbocycles. The molecule has 0 aliphatic heterocycles. The number of aromatic nitrogens is 2. The number of hydrogen-bond donors (Lipinski definition) is 1. The van der Waals surface area contributed by atoms with Gasteiger partial charge in [0.2, 0.25) is 0 Å². The first-order valence-electron chi connectivity index (χ1n) is 7.94. The van der Waals surface area contributed by atoms with Crippen molar-refractivity contribution in [1.82, 2.24) is 9.55 Å². The van der Waals surface area contributed by atoms with Gasteiger partial charge in [0.1, 0.15) is 5.82 Å². The van der Waals surface area contributed by atoms with Crippen LogP contribution in [-0.4, -0.2) is 27.7 Å². The van der Waals surface area contributed by atoms with Crippen molar-refractivity contribution in [2.45, 2.75) is 19.6 Å². The van der Waals surface area contributed by atoms with Gasteiger partial charge < -0.3 is 9.84 Å². The number of methoxy groups -OCH3 is 1. The van der Waals surface area contributed by atoms with Crippen LogP contribution in [0.5, 0.6) is 0 Å². The number of fused-ring (bicyclic) bond motifs is 1. The van der Waals surface area contributed by atoms with E-state index in [9.17, 15) is 14.7 Å². The first-order chi connectivity index (χ1) is 12.4. The molecule has 1 aromatic heterocycles. The minimum atomic E-state index is -0.950. The Kier molecular flexibility index (Phi) is 5.06. The van der Waals surface area contributed by atoms with Crippen molar-refractivity contribution in [3.05, 3.63) is 74.8 Å². The number of ether oxygens (including phenoxy) is 1. The molecule has 0 spiro atoms. The Morgan fingerprint density at radius 1 is 1.31 bits per heavy atom. The number of esters is 1. The van der Waals surface area contributed by atoms with E-state index in [1.165, 1.54) is 29.9 Å². The zero-order valence-electron chi connectivity index (χ0n) is 14.3. The van der Waals surface area contributed by atoms with Crippen molar-refractivity contribution in [2.75, 3.05) is 7.11 Å². The predicted molar refractivity (Wildman–Crippen MR) is 98.5 cm³/mol. The normalized spacial score (nSPS) is 12.2. The largest absolute Gasteiger partial charge is 0.465 e. The van der Waals surface area contributed by atoms with Gasteiger partial charge in [0, 0.05) is 10.6 Å². The number of nitrogens with zero attached hydrogens (tertiary/aromatic N) is 2. The summed E-state index contributed by atoms with van der Waals surface area (Å²) in [4.78, 5) is 28.9. The molecule has 0 saturated heterocycles. The van der Waals surface area contributed by atoms with Crippen molar-refractivity contribution in [2.24, 2.45) is 0 Å². The molecule has 134 valence electrons. The highest BCUT2D eigenvalue weighted by Gasteiger charge is 2.17. The van der Waals surface area contributed by atoms with Crippen LogP contribution >= 0.6 is 11.6 Å². The van der Waals surface area contributed by atoms with E-state index in [0.29, 0.717) is 32.9 Å². The summed E-state index contributed by atoms with van der Waals surface area (Å²) in [6.07, 6.45) is -0.950. The van der Waals surface area contributed by atoms with E-state index in [0.717, 1.165) is 0 Å². The third-order valence-electron chi connectivity index (χ3n) is 4.19. The molecule has 0 bridgehead atoms. The molecule has 2 aromatic carbocycles. The molecule has 0 radical (unpaired) electrons. The number of rotatable bonds is 4. The van der Waals surface area contributed by atoms with Crippen molar-refractivity contribution in [1.29, 1.82) is 0 Å². The standard InChI is InChI=1S/C19H17ClN2O4/c1-11-21-16-9-12(19(25)26-2)7-8-14(16)18(24)22(11)10-17(23)13-5-3-4-6-15(13)20/h3-9,17,23H,10H2,1-2H3. The van der Waals surface area contributed by atoms with E-state index in [4.69, 9.17) is 11.6 Å². The second-order valence-corrected chi connectivity index (χ2v) is 6.24. The molecule has 0 aliphatic rings. The van der Waals surface area contributed by atoms with Gasteiger partial charge in [0.15, 0.2) is 0 Å². The molecule has 0 saturated carbocycles. The van der Waals surface area contributed by atoms with Gasteiger partial charge in [0.05, 0.1) is 36.2 Å². The summed E-state index contributed by atoms with van der Waals surface area (Å²) in [5.74, 6) is -0.0692. The van der Waals surface area contributed by atoms with Crippen LogP contribution in [0.3, 0.4) is 0 Å². The molecule has 3 aromatic rings. The molecule has 0 amide bonds. The van der Waals surface area contributed by atoms with Crippen LogP contribution in [0, 0.1) is 6.92 Å². The quantitative estimate of drug-likeness (QED) is 0.712. The average Bonchev–Trinajstić information content (AvgIpc) is 2.64. The fourth-order valence-corrected chi connectivity index (χ4v) is 3.07. The zero-order chi connectivity index (χ0) is 18.8. The SMILES string of the molecule is COC(=O)c1ccc2c(=O)n(CC(O)c3ccccc3Cl)c(C)nc2c1. The van der Waals surface area contributed by atoms with E-state index in [-0.39, 0.29) is 12.1 Å². The lowest BCUT2D eigenvalue weighted by atomic mass is 10.1. The number of carbonyl (C=O) groups is 1. The monoisotopic (exact) mass is 372 g/mol. The minimum absolute atomic E-state index is 0.0239. The van der Waals surface area contributed by atoms with E-state index in [1.807, 2.05) is 0 Å². The summed E-state index contributed by atoms with van der Waals surface area (Å²) in [6.45, 7) is 1.70. The maximum absolute atomic E-state index is 12.8. The summed E-state index contributed by atoms with van der Waals surface area (Å²) < 4.78 is 6.08. The van der Waals surface area contributed by atoms with Crippen LogP contribution in [0.1, 0.15) is 27.8 Å². The van der Waals surface area contributed by atoms with Gasteiger partial charge in [-0.1, -0.05) is 29.8 Å². The Balaban J connectivity index is 2.03. The van der Waals surface area contributed by atoms with Gasteiger partial charge in [0.25, 0.3) is 5.56 Å². The van der Waals surface area contributed by atoms with Crippen molar-refractivity contribution in [3.8, 4) is 0 Å². The number of aliphatic hydroxyl groups is 1. The third-order valence-corrected chi connectivity index (χ3v) is 4.53. The van der Waals surface area contributed by atoms with Crippen LogP contribution in [0.4, 0.5) is 0 Å². The summed E-state index contributed by atoms with van der Waals surface area (Å²) in [5, 5.41) is 11.3. The Morgan fingerprint density at radius 2 is 2.04 bits per heavy atom. The molecular formula is C19H17ClN2O4. The molecule has 1 unspecified atom stereocenters. The van der Waals surface area contributed by atoms with Crippen LogP contribution in [0.25, 0.3) is 10.9 Å². The summed E-state index contributed by atoms with van der Waals surface area (Å²) in [5.41, 5.74) is 0.968. The molecule has 7 heteroatoms.